The van der Waals surface area contributed by atoms with E-state index in [4.69, 9.17) is 4.74 Å². The molecule has 1 aromatic rings. The van der Waals surface area contributed by atoms with Crippen molar-refractivity contribution in [2.75, 3.05) is 12.3 Å². The van der Waals surface area contributed by atoms with Crippen molar-refractivity contribution >= 4 is 21.0 Å². The average molecular weight is 413 g/mol. The van der Waals surface area contributed by atoms with Gasteiger partial charge >= 0.3 is 0 Å². The third-order valence-corrected chi connectivity index (χ3v) is 7.49. The van der Waals surface area contributed by atoms with Gasteiger partial charge in [0.2, 0.25) is 0 Å². The summed E-state index contributed by atoms with van der Waals surface area (Å²) < 4.78 is 27.2. The molecule has 1 atom stereocenters. The summed E-state index contributed by atoms with van der Waals surface area (Å²) in [5.74, 6) is -1.39. The summed E-state index contributed by atoms with van der Waals surface area (Å²) >= 11 is 0. The van der Waals surface area contributed by atoms with Crippen LogP contribution in [0, 0.1) is 6.92 Å². The Morgan fingerprint density at radius 3 is 2.37 bits per heavy atom. The lowest BCUT2D eigenvalue weighted by Gasteiger charge is -2.36. The maximum Gasteiger partial charge on any atom is 0.0878 e. The van der Waals surface area contributed by atoms with Crippen LogP contribution in [0.15, 0.2) is 35.4 Å². The molecule has 0 saturated carbocycles. The van der Waals surface area contributed by atoms with Gasteiger partial charge in [0.05, 0.1) is 13.0 Å². The molecule has 8 heteroatoms. The normalized spacial score (nSPS) is 14.7. The molecule has 6 nitrogen and oxygen atoms in total. The van der Waals surface area contributed by atoms with Crippen molar-refractivity contribution < 1.29 is 28.5 Å². The van der Waals surface area contributed by atoms with Gasteiger partial charge in [-0.15, -0.1) is 0 Å². The van der Waals surface area contributed by atoms with E-state index in [1.807, 2.05) is 25.1 Å². The van der Waals surface area contributed by atoms with Crippen molar-refractivity contribution in [2.24, 2.45) is 0 Å². The Morgan fingerprint density at radius 2 is 1.81 bits per heavy atom. The molecular formula is C19H27O6P2-3. The molecule has 1 rings (SSSR count). The highest BCUT2D eigenvalue weighted by molar-refractivity contribution is 7.70. The molecule has 0 aliphatic carbocycles. The van der Waals surface area contributed by atoms with E-state index >= 15 is 0 Å². The highest BCUT2D eigenvalue weighted by atomic mass is 31.2. The number of benzene rings is 1. The molecule has 27 heavy (non-hydrogen) atoms. The minimum absolute atomic E-state index is 0.0314. The summed E-state index contributed by atoms with van der Waals surface area (Å²) in [4.78, 5) is 32.7. The Hall–Kier alpha value is -1.00. The van der Waals surface area contributed by atoms with Crippen LogP contribution in [-0.4, -0.2) is 12.3 Å². The molecule has 152 valence electrons. The van der Waals surface area contributed by atoms with Gasteiger partial charge in [-0.25, -0.2) is 0 Å². The number of hydrogen-bond acceptors (Lipinski definition) is 6. The Morgan fingerprint density at radius 1 is 1.15 bits per heavy atom. The van der Waals surface area contributed by atoms with Crippen LogP contribution < -0.4 is 14.7 Å². The SMILES string of the molecule is CC(C)=CCC/C(C)=C/c1ccc(COCP(=O)([O-])CP(=O)([O-])[O-])c(C)c1. The first-order valence-electron chi connectivity index (χ1n) is 8.66. The smallest absolute Gasteiger partial charge is 0.0878 e. The zero-order chi connectivity index (χ0) is 20.7. The molecule has 0 N–H and O–H groups in total. The van der Waals surface area contributed by atoms with Gasteiger partial charge in [0, 0.05) is 13.3 Å². The maximum atomic E-state index is 11.5. The first-order valence-corrected chi connectivity index (χ1v) is 12.4. The molecule has 0 aliphatic heterocycles. The molecule has 0 bridgehead atoms. The third kappa shape index (κ3) is 10.8. The molecule has 0 aromatic heterocycles. The number of ether oxygens (including phenoxy) is 1. The van der Waals surface area contributed by atoms with Crippen LogP contribution >= 0.6 is 15.0 Å². The summed E-state index contributed by atoms with van der Waals surface area (Å²) in [6.45, 7) is 8.17. The molecule has 1 unspecified atom stereocenters. The Bertz CT molecular complexity index is 787. The monoisotopic (exact) mass is 413 g/mol. The lowest BCUT2D eigenvalue weighted by molar-refractivity contribution is -0.312. The summed E-state index contributed by atoms with van der Waals surface area (Å²) in [5.41, 5.74) is 5.38. The van der Waals surface area contributed by atoms with Crippen molar-refractivity contribution in [3.63, 3.8) is 0 Å². The lowest BCUT2D eigenvalue weighted by atomic mass is 10.0. The molecule has 0 radical (unpaired) electrons. The fraction of sp³-hybridized carbons (Fsp3) is 0.474. The van der Waals surface area contributed by atoms with E-state index in [9.17, 15) is 23.8 Å². The van der Waals surface area contributed by atoms with Crippen molar-refractivity contribution in [3.05, 3.63) is 52.1 Å². The largest absolute Gasteiger partial charge is 0.810 e. The van der Waals surface area contributed by atoms with Gasteiger partial charge in [-0.3, -0.25) is 0 Å². The van der Waals surface area contributed by atoms with Gasteiger partial charge in [-0.05, 0) is 57.2 Å². The average Bonchev–Trinajstić information content (AvgIpc) is 2.46. The van der Waals surface area contributed by atoms with E-state index in [0.717, 1.165) is 29.5 Å². The standard InChI is InChI=1S/C19H30O6P2/c1-15(2)6-5-7-16(3)10-18-8-9-19(17(4)11-18)12-25-13-26(20,21)14-27(22,23)24/h6,8-11H,5,7,12-14H2,1-4H3,(H,20,21)(H2,22,23,24)/p-3/b16-10+. The fourth-order valence-electron chi connectivity index (χ4n) is 2.52. The molecule has 0 heterocycles. The van der Waals surface area contributed by atoms with Crippen LogP contribution in [0.3, 0.4) is 0 Å². The first-order chi connectivity index (χ1) is 12.4. The van der Waals surface area contributed by atoms with Gasteiger partial charge in [0.15, 0.2) is 0 Å². The summed E-state index contributed by atoms with van der Waals surface area (Å²) in [6.07, 6.45) is 5.53. The first kappa shape index (κ1) is 24.0. The molecule has 1 aromatic carbocycles. The van der Waals surface area contributed by atoms with Crippen molar-refractivity contribution in [1.82, 2.24) is 0 Å². The minimum Gasteiger partial charge on any atom is -0.810 e. The highest BCUT2D eigenvalue weighted by Gasteiger charge is 2.11. The topological polar surface area (TPSA) is 113 Å². The zero-order valence-electron chi connectivity index (χ0n) is 16.3. The second kappa shape index (κ2) is 10.5. The summed E-state index contributed by atoms with van der Waals surface area (Å²) in [6, 6.07) is 5.77. The second-order valence-electron chi connectivity index (χ2n) is 7.04. The minimum atomic E-state index is -5.11. The van der Waals surface area contributed by atoms with Crippen molar-refractivity contribution in [2.45, 2.75) is 47.1 Å². The molecule has 0 spiro atoms. The predicted molar refractivity (Wildman–Crippen MR) is 103 cm³/mol. The molecule has 0 amide bonds. The second-order valence-corrected chi connectivity index (χ2v) is 11.3. The Labute approximate surface area is 161 Å². The number of allylic oxidation sites excluding steroid dienone is 3. The molecule has 0 aliphatic rings. The number of rotatable bonds is 10. The van der Waals surface area contributed by atoms with Crippen LogP contribution in [0.25, 0.3) is 6.08 Å². The van der Waals surface area contributed by atoms with Crippen molar-refractivity contribution in [3.8, 4) is 0 Å². The zero-order valence-corrected chi connectivity index (χ0v) is 18.1. The van der Waals surface area contributed by atoms with Gasteiger partial charge < -0.3 is 28.5 Å². The van der Waals surface area contributed by atoms with Crippen molar-refractivity contribution in [1.29, 1.82) is 0 Å². The quantitative estimate of drug-likeness (QED) is 0.430. The Kier molecular flexibility index (Phi) is 9.36. The molecule has 0 saturated heterocycles. The van der Waals surface area contributed by atoms with E-state index < -0.39 is 27.2 Å². The van der Waals surface area contributed by atoms with Gasteiger partial charge in [-0.1, -0.05) is 49.1 Å². The number of aryl methyl sites for hydroxylation is 1. The lowest BCUT2D eigenvalue weighted by Crippen LogP contribution is -2.21. The third-order valence-electron chi connectivity index (χ3n) is 3.81. The van der Waals surface area contributed by atoms with Crippen LogP contribution in [0.2, 0.25) is 0 Å². The van der Waals surface area contributed by atoms with Crippen LogP contribution in [0.4, 0.5) is 0 Å². The van der Waals surface area contributed by atoms with E-state index in [2.05, 4.69) is 32.9 Å². The van der Waals surface area contributed by atoms with Crippen LogP contribution in [-0.2, 0) is 20.5 Å². The van der Waals surface area contributed by atoms with E-state index in [1.54, 1.807) is 0 Å². The molecular weight excluding hydrogens is 386 g/mol. The summed E-state index contributed by atoms with van der Waals surface area (Å²) in [5, 5.41) is 0. The van der Waals surface area contributed by atoms with Gasteiger partial charge in [0.25, 0.3) is 0 Å². The maximum absolute atomic E-state index is 11.5. The van der Waals surface area contributed by atoms with E-state index in [0.29, 0.717) is 0 Å². The van der Waals surface area contributed by atoms with Crippen LogP contribution in [0.1, 0.15) is 50.3 Å². The van der Waals surface area contributed by atoms with Gasteiger partial charge in [0.1, 0.15) is 0 Å². The number of hydrogen-bond donors (Lipinski definition) is 0. The molecule has 0 fully saturated rings. The van der Waals surface area contributed by atoms with Gasteiger partial charge in [-0.2, -0.15) is 0 Å². The highest BCUT2D eigenvalue weighted by Crippen LogP contribution is 2.47. The fourth-order valence-corrected chi connectivity index (χ4v) is 5.32. The van der Waals surface area contributed by atoms with E-state index in [-0.39, 0.29) is 6.61 Å². The predicted octanol–water partition coefficient (Wildman–Crippen LogP) is 3.13. The van der Waals surface area contributed by atoms with Crippen LogP contribution in [0.5, 0.6) is 0 Å². The Balaban J connectivity index is 2.64. The summed E-state index contributed by atoms with van der Waals surface area (Å²) in [7, 11) is -9.50. The van der Waals surface area contributed by atoms with E-state index in [1.165, 1.54) is 11.1 Å².